The van der Waals surface area contributed by atoms with Crippen LogP contribution in [-0.4, -0.2) is 66.7 Å². The molecule has 1 fully saturated rings. The van der Waals surface area contributed by atoms with Gasteiger partial charge in [0.1, 0.15) is 5.75 Å². The van der Waals surface area contributed by atoms with Gasteiger partial charge >= 0.3 is 6.09 Å². The maximum Gasteiger partial charge on any atom is 0.407 e. The number of carboxylic acid groups (broad SMARTS) is 1. The highest BCUT2D eigenvalue weighted by atomic mass is 16.5. The SMILES string of the molecule is CCNCC1CN(C(=O)O)CCN(Cc2ccc(OC)cc2)C1=O. The van der Waals surface area contributed by atoms with Crippen molar-refractivity contribution < 1.29 is 19.4 Å². The molecule has 2 N–H and O–H groups in total. The maximum absolute atomic E-state index is 12.8. The molecule has 2 rings (SSSR count). The van der Waals surface area contributed by atoms with Crippen LogP contribution in [0.4, 0.5) is 4.79 Å². The third-order valence-electron chi connectivity index (χ3n) is 4.19. The van der Waals surface area contributed by atoms with Crippen molar-refractivity contribution in [2.75, 3.05) is 39.8 Å². The van der Waals surface area contributed by atoms with E-state index in [2.05, 4.69) is 5.32 Å². The number of carbonyl (C=O) groups is 2. The number of nitrogens with one attached hydrogen (secondary N) is 1. The molecule has 0 aromatic heterocycles. The Balaban J connectivity index is 2.11. The summed E-state index contributed by atoms with van der Waals surface area (Å²) in [5.41, 5.74) is 0.995. The quantitative estimate of drug-likeness (QED) is 0.817. The molecular formula is C17H25N3O4. The third kappa shape index (κ3) is 4.61. The highest BCUT2D eigenvalue weighted by Gasteiger charge is 2.31. The van der Waals surface area contributed by atoms with Gasteiger partial charge in [-0.25, -0.2) is 4.79 Å². The summed E-state index contributed by atoms with van der Waals surface area (Å²) in [6, 6.07) is 7.56. The fourth-order valence-electron chi connectivity index (χ4n) is 2.80. The van der Waals surface area contributed by atoms with Crippen LogP contribution in [0.1, 0.15) is 12.5 Å². The van der Waals surface area contributed by atoms with Gasteiger partial charge in [0, 0.05) is 32.7 Å². The van der Waals surface area contributed by atoms with Gasteiger partial charge in [-0.3, -0.25) is 4.79 Å². The predicted octanol–water partition coefficient (Wildman–Crippen LogP) is 1.24. The minimum atomic E-state index is -0.976. The standard InChI is InChI=1S/C17H25N3O4/c1-3-18-10-14-12-20(17(22)23)9-8-19(16(14)21)11-13-4-6-15(24-2)7-5-13/h4-7,14,18H,3,8-12H2,1-2H3,(H,22,23). The number of rotatable bonds is 6. The number of methoxy groups -OCH3 is 1. The summed E-state index contributed by atoms with van der Waals surface area (Å²) in [6.45, 7) is 4.64. The summed E-state index contributed by atoms with van der Waals surface area (Å²) >= 11 is 0. The number of benzene rings is 1. The zero-order valence-electron chi connectivity index (χ0n) is 14.2. The Bertz CT molecular complexity index is 561. The van der Waals surface area contributed by atoms with Crippen LogP contribution < -0.4 is 10.1 Å². The van der Waals surface area contributed by atoms with Crippen LogP contribution in [0.25, 0.3) is 0 Å². The summed E-state index contributed by atoms with van der Waals surface area (Å²) in [5.74, 6) is 0.403. The minimum absolute atomic E-state index is 0.00415. The zero-order valence-corrected chi connectivity index (χ0v) is 14.2. The molecule has 0 aliphatic carbocycles. The number of amides is 2. The molecule has 1 atom stereocenters. The molecule has 132 valence electrons. The number of hydrogen-bond acceptors (Lipinski definition) is 4. The van der Waals surface area contributed by atoms with E-state index in [1.807, 2.05) is 31.2 Å². The Morgan fingerprint density at radius 2 is 2.04 bits per heavy atom. The molecule has 1 aliphatic rings. The molecule has 7 nitrogen and oxygen atoms in total. The lowest BCUT2D eigenvalue weighted by Gasteiger charge is -2.24. The average Bonchev–Trinajstić information content (AvgIpc) is 2.74. The molecule has 1 aliphatic heterocycles. The van der Waals surface area contributed by atoms with E-state index in [0.717, 1.165) is 17.9 Å². The summed E-state index contributed by atoms with van der Waals surface area (Å²) in [4.78, 5) is 27.2. The number of hydrogen-bond donors (Lipinski definition) is 2. The van der Waals surface area contributed by atoms with Crippen LogP contribution in [0.2, 0.25) is 0 Å². The van der Waals surface area contributed by atoms with Crippen molar-refractivity contribution in [2.45, 2.75) is 13.5 Å². The monoisotopic (exact) mass is 335 g/mol. The Morgan fingerprint density at radius 1 is 1.33 bits per heavy atom. The van der Waals surface area contributed by atoms with E-state index in [1.54, 1.807) is 12.0 Å². The van der Waals surface area contributed by atoms with Crippen molar-refractivity contribution in [1.29, 1.82) is 0 Å². The third-order valence-corrected chi connectivity index (χ3v) is 4.19. The van der Waals surface area contributed by atoms with E-state index in [9.17, 15) is 14.7 Å². The molecular weight excluding hydrogens is 310 g/mol. The molecule has 0 spiro atoms. The summed E-state index contributed by atoms with van der Waals surface area (Å²) in [7, 11) is 1.61. The fraction of sp³-hybridized carbons (Fsp3) is 0.529. The lowest BCUT2D eigenvalue weighted by atomic mass is 10.1. The van der Waals surface area contributed by atoms with Gasteiger partial charge < -0.3 is 25.0 Å². The first-order valence-corrected chi connectivity index (χ1v) is 8.15. The second kappa shape index (κ2) is 8.54. The Morgan fingerprint density at radius 3 is 2.62 bits per heavy atom. The van der Waals surface area contributed by atoms with Gasteiger partial charge in [0.15, 0.2) is 0 Å². The van der Waals surface area contributed by atoms with Gasteiger partial charge in [-0.2, -0.15) is 0 Å². The molecule has 1 aromatic rings. The van der Waals surface area contributed by atoms with E-state index in [1.165, 1.54) is 4.90 Å². The lowest BCUT2D eigenvalue weighted by Crippen LogP contribution is -2.41. The van der Waals surface area contributed by atoms with Crippen LogP contribution in [0, 0.1) is 5.92 Å². The van der Waals surface area contributed by atoms with Crippen LogP contribution in [0.15, 0.2) is 24.3 Å². The Hall–Kier alpha value is -2.28. The lowest BCUT2D eigenvalue weighted by molar-refractivity contribution is -0.135. The molecule has 7 heteroatoms. The van der Waals surface area contributed by atoms with Crippen LogP contribution >= 0.6 is 0 Å². The summed E-state index contributed by atoms with van der Waals surface area (Å²) < 4.78 is 5.14. The molecule has 24 heavy (non-hydrogen) atoms. The molecule has 2 amide bonds. The Kier molecular flexibility index (Phi) is 6.43. The van der Waals surface area contributed by atoms with E-state index in [-0.39, 0.29) is 18.4 Å². The highest BCUT2D eigenvalue weighted by molar-refractivity contribution is 5.80. The van der Waals surface area contributed by atoms with Gasteiger partial charge in [0.05, 0.1) is 13.0 Å². The molecule has 1 aromatic carbocycles. The highest BCUT2D eigenvalue weighted by Crippen LogP contribution is 2.17. The van der Waals surface area contributed by atoms with Crippen molar-refractivity contribution >= 4 is 12.0 Å². The molecule has 0 bridgehead atoms. The first-order valence-electron chi connectivity index (χ1n) is 8.15. The predicted molar refractivity (Wildman–Crippen MR) is 90.0 cm³/mol. The van der Waals surface area contributed by atoms with Crippen LogP contribution in [-0.2, 0) is 11.3 Å². The molecule has 1 heterocycles. The number of carbonyl (C=O) groups excluding carboxylic acids is 1. The molecule has 0 saturated carbocycles. The first-order chi connectivity index (χ1) is 11.5. The van der Waals surface area contributed by atoms with E-state index in [4.69, 9.17) is 4.74 Å². The molecule has 1 saturated heterocycles. The van der Waals surface area contributed by atoms with Crippen molar-refractivity contribution in [3.63, 3.8) is 0 Å². The van der Waals surface area contributed by atoms with E-state index < -0.39 is 6.09 Å². The normalized spacial score (nSPS) is 18.4. The van der Waals surface area contributed by atoms with E-state index >= 15 is 0 Å². The first kappa shape index (κ1) is 18.1. The maximum atomic E-state index is 12.8. The second-order valence-electron chi connectivity index (χ2n) is 5.84. The average molecular weight is 335 g/mol. The van der Waals surface area contributed by atoms with Crippen molar-refractivity contribution in [3.05, 3.63) is 29.8 Å². The van der Waals surface area contributed by atoms with Gasteiger partial charge in [0.25, 0.3) is 0 Å². The summed E-state index contributed by atoms with van der Waals surface area (Å²) in [6.07, 6.45) is -0.976. The van der Waals surface area contributed by atoms with Gasteiger partial charge in [0.2, 0.25) is 5.91 Å². The largest absolute Gasteiger partial charge is 0.497 e. The van der Waals surface area contributed by atoms with Crippen molar-refractivity contribution in [1.82, 2.24) is 15.1 Å². The van der Waals surface area contributed by atoms with E-state index in [0.29, 0.717) is 26.2 Å². The van der Waals surface area contributed by atoms with Crippen LogP contribution in [0.5, 0.6) is 5.75 Å². The van der Waals surface area contributed by atoms with Crippen molar-refractivity contribution in [3.8, 4) is 5.75 Å². The Labute approximate surface area is 142 Å². The zero-order chi connectivity index (χ0) is 17.5. The minimum Gasteiger partial charge on any atom is -0.497 e. The van der Waals surface area contributed by atoms with Crippen molar-refractivity contribution in [2.24, 2.45) is 5.92 Å². The smallest absolute Gasteiger partial charge is 0.407 e. The van der Waals surface area contributed by atoms with Gasteiger partial charge in [-0.1, -0.05) is 19.1 Å². The summed E-state index contributed by atoms with van der Waals surface area (Å²) in [5, 5.41) is 12.4. The van der Waals surface area contributed by atoms with Gasteiger partial charge in [-0.15, -0.1) is 0 Å². The molecule has 0 radical (unpaired) electrons. The fourth-order valence-corrected chi connectivity index (χ4v) is 2.80. The second-order valence-corrected chi connectivity index (χ2v) is 5.84. The molecule has 1 unspecified atom stereocenters. The van der Waals surface area contributed by atoms with Crippen LogP contribution in [0.3, 0.4) is 0 Å². The number of ether oxygens (including phenoxy) is 1. The van der Waals surface area contributed by atoms with Gasteiger partial charge in [-0.05, 0) is 24.2 Å². The topological polar surface area (TPSA) is 82.1 Å². The number of nitrogens with zero attached hydrogens (tertiary/aromatic N) is 2.